The SMILES string of the molecule is CCCc1nc(-c2cc(Cl)cc(Cl)c2)sc1CNC. The number of nitrogens with zero attached hydrogens (tertiary/aromatic N) is 1. The van der Waals surface area contributed by atoms with E-state index in [1.165, 1.54) is 10.6 Å². The first kappa shape index (κ1) is 14.8. The van der Waals surface area contributed by atoms with Gasteiger partial charge in [0.1, 0.15) is 5.01 Å². The van der Waals surface area contributed by atoms with Crippen molar-refractivity contribution in [3.63, 3.8) is 0 Å². The number of aryl methyl sites for hydroxylation is 1. The number of benzene rings is 1. The maximum atomic E-state index is 6.05. The molecular formula is C14H16Cl2N2S. The normalized spacial score (nSPS) is 10.9. The van der Waals surface area contributed by atoms with E-state index in [-0.39, 0.29) is 0 Å². The Balaban J connectivity index is 2.41. The van der Waals surface area contributed by atoms with Crippen LogP contribution in [0.2, 0.25) is 10.0 Å². The third-order valence-corrected chi connectivity index (χ3v) is 4.30. The zero-order chi connectivity index (χ0) is 13.8. The summed E-state index contributed by atoms with van der Waals surface area (Å²) in [7, 11) is 1.95. The molecule has 1 heterocycles. The second-order valence-electron chi connectivity index (χ2n) is 4.33. The molecule has 1 aromatic heterocycles. The molecule has 0 aliphatic rings. The molecule has 0 fully saturated rings. The molecule has 0 radical (unpaired) electrons. The van der Waals surface area contributed by atoms with Crippen molar-refractivity contribution in [3.8, 4) is 10.6 Å². The fourth-order valence-electron chi connectivity index (χ4n) is 1.91. The highest BCUT2D eigenvalue weighted by atomic mass is 35.5. The van der Waals surface area contributed by atoms with Crippen LogP contribution in [0.3, 0.4) is 0 Å². The lowest BCUT2D eigenvalue weighted by Crippen LogP contribution is -2.05. The van der Waals surface area contributed by atoms with Gasteiger partial charge < -0.3 is 5.32 Å². The predicted octanol–water partition coefficient (Wildman–Crippen LogP) is 4.79. The van der Waals surface area contributed by atoms with Crippen LogP contribution in [-0.2, 0) is 13.0 Å². The lowest BCUT2D eigenvalue weighted by Gasteiger charge is -1.98. The third-order valence-electron chi connectivity index (χ3n) is 2.71. The average molecular weight is 315 g/mol. The summed E-state index contributed by atoms with van der Waals surface area (Å²) in [6, 6.07) is 5.55. The standard InChI is InChI=1S/C14H16Cl2N2S/c1-3-4-12-13(8-17-2)19-14(18-12)9-5-10(15)7-11(16)6-9/h5-7,17H,3-4,8H2,1-2H3. The third kappa shape index (κ3) is 3.69. The highest BCUT2D eigenvalue weighted by Crippen LogP contribution is 2.32. The molecule has 0 amide bonds. The maximum Gasteiger partial charge on any atom is 0.124 e. The summed E-state index contributed by atoms with van der Waals surface area (Å²) in [6.45, 7) is 3.01. The van der Waals surface area contributed by atoms with Crippen LogP contribution in [0, 0.1) is 0 Å². The summed E-state index contributed by atoms with van der Waals surface area (Å²) in [5, 5.41) is 5.46. The molecule has 0 spiro atoms. The Labute approximate surface area is 127 Å². The van der Waals surface area contributed by atoms with Gasteiger partial charge in [0.15, 0.2) is 0 Å². The first-order valence-corrected chi connectivity index (χ1v) is 7.81. The minimum Gasteiger partial charge on any atom is -0.315 e. The van der Waals surface area contributed by atoms with Crippen molar-refractivity contribution in [3.05, 3.63) is 38.8 Å². The molecule has 0 atom stereocenters. The molecule has 0 unspecified atom stereocenters. The van der Waals surface area contributed by atoms with Gasteiger partial charge >= 0.3 is 0 Å². The minimum absolute atomic E-state index is 0.643. The number of thiazole rings is 1. The first-order chi connectivity index (χ1) is 9.13. The fourth-order valence-corrected chi connectivity index (χ4v) is 3.55. The van der Waals surface area contributed by atoms with Crippen LogP contribution in [0.4, 0.5) is 0 Å². The summed E-state index contributed by atoms with van der Waals surface area (Å²) < 4.78 is 0. The van der Waals surface area contributed by atoms with Gasteiger partial charge in [-0.15, -0.1) is 11.3 Å². The van der Waals surface area contributed by atoms with Crippen LogP contribution in [0.25, 0.3) is 10.6 Å². The van der Waals surface area contributed by atoms with E-state index in [2.05, 4.69) is 12.2 Å². The fraction of sp³-hybridized carbons (Fsp3) is 0.357. The van der Waals surface area contributed by atoms with E-state index in [1.807, 2.05) is 19.2 Å². The smallest absolute Gasteiger partial charge is 0.124 e. The molecule has 1 N–H and O–H groups in total. The Morgan fingerprint density at radius 1 is 1.21 bits per heavy atom. The zero-order valence-corrected chi connectivity index (χ0v) is 13.3. The summed E-state index contributed by atoms with van der Waals surface area (Å²) in [5.74, 6) is 0. The van der Waals surface area contributed by atoms with Gasteiger partial charge in [0, 0.05) is 27.0 Å². The lowest BCUT2D eigenvalue weighted by molar-refractivity contribution is 0.798. The number of hydrogen-bond donors (Lipinski definition) is 1. The van der Waals surface area contributed by atoms with Crippen LogP contribution in [0.1, 0.15) is 23.9 Å². The summed E-state index contributed by atoms with van der Waals surface area (Å²) in [5.41, 5.74) is 2.16. The van der Waals surface area contributed by atoms with Crippen LogP contribution >= 0.6 is 34.5 Å². The Morgan fingerprint density at radius 3 is 2.47 bits per heavy atom. The molecular weight excluding hydrogens is 299 g/mol. The molecule has 0 aliphatic carbocycles. The summed E-state index contributed by atoms with van der Waals surface area (Å²) in [6.07, 6.45) is 2.10. The van der Waals surface area contributed by atoms with E-state index in [0.29, 0.717) is 10.0 Å². The van der Waals surface area contributed by atoms with Gasteiger partial charge in [-0.1, -0.05) is 36.5 Å². The van der Waals surface area contributed by atoms with Crippen LogP contribution in [0.15, 0.2) is 18.2 Å². The Hall–Kier alpha value is -0.610. The molecule has 0 saturated heterocycles. The van der Waals surface area contributed by atoms with E-state index < -0.39 is 0 Å². The largest absolute Gasteiger partial charge is 0.315 e. The van der Waals surface area contributed by atoms with Crippen LogP contribution in [-0.4, -0.2) is 12.0 Å². The summed E-state index contributed by atoms with van der Waals surface area (Å²) in [4.78, 5) is 6.02. The van der Waals surface area contributed by atoms with Crippen LogP contribution < -0.4 is 5.32 Å². The van der Waals surface area contributed by atoms with Crippen molar-refractivity contribution in [2.75, 3.05) is 7.05 Å². The molecule has 5 heteroatoms. The molecule has 19 heavy (non-hydrogen) atoms. The van der Waals surface area contributed by atoms with Crippen molar-refractivity contribution >= 4 is 34.5 Å². The number of halogens is 2. The molecule has 2 aromatic rings. The second kappa shape index (κ2) is 6.71. The van der Waals surface area contributed by atoms with Crippen molar-refractivity contribution in [1.82, 2.24) is 10.3 Å². The molecule has 102 valence electrons. The first-order valence-electron chi connectivity index (χ1n) is 6.23. The molecule has 2 nitrogen and oxygen atoms in total. The van der Waals surface area contributed by atoms with E-state index in [4.69, 9.17) is 28.2 Å². The monoisotopic (exact) mass is 314 g/mol. The predicted molar refractivity (Wildman–Crippen MR) is 84.3 cm³/mol. The van der Waals surface area contributed by atoms with Gasteiger partial charge in [0.05, 0.1) is 5.69 Å². The quantitative estimate of drug-likeness (QED) is 0.858. The number of aromatic nitrogens is 1. The van der Waals surface area contributed by atoms with Crippen molar-refractivity contribution in [1.29, 1.82) is 0 Å². The van der Waals surface area contributed by atoms with Gasteiger partial charge in [-0.05, 0) is 31.7 Å². The van der Waals surface area contributed by atoms with E-state index in [9.17, 15) is 0 Å². The number of rotatable bonds is 5. The van der Waals surface area contributed by atoms with E-state index >= 15 is 0 Å². The minimum atomic E-state index is 0.643. The van der Waals surface area contributed by atoms with Crippen LogP contribution in [0.5, 0.6) is 0 Å². The van der Waals surface area contributed by atoms with Gasteiger partial charge in [-0.3, -0.25) is 0 Å². The number of nitrogens with one attached hydrogen (secondary N) is 1. The van der Waals surface area contributed by atoms with Crippen molar-refractivity contribution < 1.29 is 0 Å². The van der Waals surface area contributed by atoms with Gasteiger partial charge in [0.2, 0.25) is 0 Å². The highest BCUT2D eigenvalue weighted by Gasteiger charge is 2.12. The van der Waals surface area contributed by atoms with E-state index in [1.54, 1.807) is 17.4 Å². The molecule has 0 bridgehead atoms. The molecule has 0 aliphatic heterocycles. The Morgan fingerprint density at radius 2 is 1.89 bits per heavy atom. The number of hydrogen-bond acceptors (Lipinski definition) is 3. The van der Waals surface area contributed by atoms with Gasteiger partial charge in [-0.2, -0.15) is 0 Å². The topological polar surface area (TPSA) is 24.9 Å². The molecule has 0 saturated carbocycles. The van der Waals surface area contributed by atoms with Gasteiger partial charge in [-0.25, -0.2) is 4.98 Å². The zero-order valence-electron chi connectivity index (χ0n) is 11.0. The van der Waals surface area contributed by atoms with E-state index in [0.717, 1.165) is 30.0 Å². The molecule has 1 aromatic carbocycles. The lowest BCUT2D eigenvalue weighted by atomic mass is 10.2. The van der Waals surface area contributed by atoms with Crippen molar-refractivity contribution in [2.45, 2.75) is 26.3 Å². The molecule has 2 rings (SSSR count). The maximum absolute atomic E-state index is 6.05. The second-order valence-corrected chi connectivity index (χ2v) is 6.28. The highest BCUT2D eigenvalue weighted by molar-refractivity contribution is 7.15. The van der Waals surface area contributed by atoms with Gasteiger partial charge in [0.25, 0.3) is 0 Å². The average Bonchev–Trinajstić information content (AvgIpc) is 2.72. The Kier molecular flexibility index (Phi) is 5.22. The summed E-state index contributed by atoms with van der Waals surface area (Å²) >= 11 is 13.8. The van der Waals surface area contributed by atoms with Crippen molar-refractivity contribution in [2.24, 2.45) is 0 Å². The Bertz CT molecular complexity index is 523.